The van der Waals surface area contributed by atoms with Crippen LogP contribution in [0, 0.1) is 0 Å². The quantitative estimate of drug-likeness (QED) is 0.795. The zero-order valence-corrected chi connectivity index (χ0v) is 11.2. The standard InChI is InChI=1S/C15H25N/c1-6-14-7-9-15(10-8-14)12(4)13(5)16-11(2)3/h7-13,16H,6H2,1-5H3. The first-order valence-electron chi connectivity index (χ1n) is 6.39. The highest BCUT2D eigenvalue weighted by Gasteiger charge is 2.14. The van der Waals surface area contributed by atoms with Crippen LogP contribution in [-0.4, -0.2) is 12.1 Å². The Labute approximate surface area is 100 Å². The molecule has 1 rings (SSSR count). The van der Waals surface area contributed by atoms with Crippen LogP contribution in [0.25, 0.3) is 0 Å². The van der Waals surface area contributed by atoms with Crippen molar-refractivity contribution in [3.05, 3.63) is 35.4 Å². The molecule has 2 atom stereocenters. The Hall–Kier alpha value is -0.820. The van der Waals surface area contributed by atoms with Crippen LogP contribution < -0.4 is 5.32 Å². The lowest BCUT2D eigenvalue weighted by Crippen LogP contribution is -2.36. The summed E-state index contributed by atoms with van der Waals surface area (Å²) in [5.41, 5.74) is 2.85. The molecule has 0 fully saturated rings. The molecule has 0 amide bonds. The lowest BCUT2D eigenvalue weighted by atomic mass is 9.93. The van der Waals surface area contributed by atoms with Gasteiger partial charge in [-0.1, -0.05) is 52.0 Å². The first kappa shape index (κ1) is 13.2. The van der Waals surface area contributed by atoms with Gasteiger partial charge in [0.2, 0.25) is 0 Å². The second kappa shape index (κ2) is 6.05. The predicted octanol–water partition coefficient (Wildman–Crippen LogP) is 3.74. The van der Waals surface area contributed by atoms with Crippen LogP contribution in [0.3, 0.4) is 0 Å². The fraction of sp³-hybridized carbons (Fsp3) is 0.600. The van der Waals surface area contributed by atoms with Crippen molar-refractivity contribution in [2.24, 2.45) is 0 Å². The van der Waals surface area contributed by atoms with Gasteiger partial charge in [-0.3, -0.25) is 0 Å². The number of aryl methyl sites for hydroxylation is 1. The van der Waals surface area contributed by atoms with Crippen LogP contribution >= 0.6 is 0 Å². The van der Waals surface area contributed by atoms with E-state index in [1.54, 1.807) is 0 Å². The number of benzene rings is 1. The summed E-state index contributed by atoms with van der Waals surface area (Å²) in [5.74, 6) is 0.563. The van der Waals surface area contributed by atoms with E-state index in [1.165, 1.54) is 11.1 Å². The van der Waals surface area contributed by atoms with E-state index in [0.717, 1.165) is 6.42 Å². The normalized spacial score (nSPS) is 15.1. The molecule has 0 spiro atoms. The van der Waals surface area contributed by atoms with Crippen molar-refractivity contribution in [2.45, 2.75) is 59.0 Å². The lowest BCUT2D eigenvalue weighted by molar-refractivity contribution is 0.439. The second-order valence-corrected chi connectivity index (χ2v) is 4.99. The molecule has 90 valence electrons. The minimum atomic E-state index is 0.521. The van der Waals surface area contributed by atoms with Crippen molar-refractivity contribution >= 4 is 0 Å². The van der Waals surface area contributed by atoms with Crippen LogP contribution in [0.1, 0.15) is 51.7 Å². The Balaban J connectivity index is 2.67. The van der Waals surface area contributed by atoms with Crippen molar-refractivity contribution in [3.8, 4) is 0 Å². The Bertz CT molecular complexity index is 300. The molecule has 1 heteroatoms. The first-order valence-corrected chi connectivity index (χ1v) is 6.39. The molecule has 0 aliphatic heterocycles. The summed E-state index contributed by atoms with van der Waals surface area (Å²) in [4.78, 5) is 0. The highest BCUT2D eigenvalue weighted by molar-refractivity contribution is 5.25. The summed E-state index contributed by atoms with van der Waals surface area (Å²) < 4.78 is 0. The summed E-state index contributed by atoms with van der Waals surface area (Å²) in [5, 5.41) is 3.57. The van der Waals surface area contributed by atoms with Gasteiger partial charge in [0.1, 0.15) is 0 Å². The highest BCUT2D eigenvalue weighted by Crippen LogP contribution is 2.20. The number of hydrogen-bond acceptors (Lipinski definition) is 1. The van der Waals surface area contributed by atoms with Crippen molar-refractivity contribution in [3.63, 3.8) is 0 Å². The van der Waals surface area contributed by atoms with Crippen molar-refractivity contribution < 1.29 is 0 Å². The van der Waals surface area contributed by atoms with Gasteiger partial charge in [0.05, 0.1) is 0 Å². The van der Waals surface area contributed by atoms with E-state index < -0.39 is 0 Å². The fourth-order valence-corrected chi connectivity index (χ4v) is 2.02. The maximum Gasteiger partial charge on any atom is 0.0107 e. The molecular weight excluding hydrogens is 194 g/mol. The predicted molar refractivity (Wildman–Crippen MR) is 72.0 cm³/mol. The maximum absolute atomic E-state index is 3.57. The van der Waals surface area contributed by atoms with E-state index in [2.05, 4.69) is 64.2 Å². The van der Waals surface area contributed by atoms with Crippen LogP contribution in [0.5, 0.6) is 0 Å². The van der Waals surface area contributed by atoms with Gasteiger partial charge in [0.15, 0.2) is 0 Å². The van der Waals surface area contributed by atoms with Crippen LogP contribution in [0.15, 0.2) is 24.3 Å². The summed E-state index contributed by atoms with van der Waals surface area (Å²) in [6.45, 7) is 11.1. The van der Waals surface area contributed by atoms with Crippen molar-refractivity contribution in [2.75, 3.05) is 0 Å². The van der Waals surface area contributed by atoms with Crippen molar-refractivity contribution in [1.82, 2.24) is 5.32 Å². The number of hydrogen-bond donors (Lipinski definition) is 1. The molecule has 16 heavy (non-hydrogen) atoms. The average Bonchev–Trinajstić information content (AvgIpc) is 2.27. The highest BCUT2D eigenvalue weighted by atomic mass is 14.9. The van der Waals surface area contributed by atoms with Gasteiger partial charge >= 0.3 is 0 Å². The van der Waals surface area contributed by atoms with Crippen LogP contribution in [-0.2, 0) is 6.42 Å². The largest absolute Gasteiger partial charge is 0.311 e. The Morgan fingerprint density at radius 2 is 1.56 bits per heavy atom. The molecule has 1 nitrogen and oxygen atoms in total. The van der Waals surface area contributed by atoms with E-state index in [1.807, 2.05) is 0 Å². The van der Waals surface area contributed by atoms with Gasteiger partial charge in [-0.25, -0.2) is 0 Å². The SMILES string of the molecule is CCc1ccc(C(C)C(C)NC(C)C)cc1. The monoisotopic (exact) mass is 219 g/mol. The molecule has 0 aromatic heterocycles. The van der Waals surface area contributed by atoms with Gasteiger partial charge in [0, 0.05) is 12.1 Å². The van der Waals surface area contributed by atoms with Crippen molar-refractivity contribution in [1.29, 1.82) is 0 Å². The Morgan fingerprint density at radius 3 is 2.00 bits per heavy atom. The topological polar surface area (TPSA) is 12.0 Å². The molecule has 0 saturated carbocycles. The molecule has 0 bridgehead atoms. The molecular formula is C15H25N. The first-order chi connectivity index (χ1) is 7.54. The molecule has 0 aliphatic carbocycles. The van der Waals surface area contributed by atoms with E-state index in [4.69, 9.17) is 0 Å². The van der Waals surface area contributed by atoms with Gasteiger partial charge in [0.25, 0.3) is 0 Å². The van der Waals surface area contributed by atoms with E-state index >= 15 is 0 Å². The number of nitrogens with one attached hydrogen (secondary N) is 1. The summed E-state index contributed by atoms with van der Waals surface area (Å²) in [7, 11) is 0. The smallest absolute Gasteiger partial charge is 0.0107 e. The van der Waals surface area contributed by atoms with Gasteiger partial charge < -0.3 is 5.32 Å². The molecule has 1 aromatic carbocycles. The van der Waals surface area contributed by atoms with Gasteiger partial charge in [-0.2, -0.15) is 0 Å². The van der Waals surface area contributed by atoms with Crippen LogP contribution in [0.2, 0.25) is 0 Å². The minimum Gasteiger partial charge on any atom is -0.311 e. The zero-order chi connectivity index (χ0) is 12.1. The molecule has 0 heterocycles. The van der Waals surface area contributed by atoms with E-state index in [0.29, 0.717) is 18.0 Å². The van der Waals surface area contributed by atoms with E-state index in [-0.39, 0.29) is 0 Å². The summed E-state index contributed by atoms with van der Waals surface area (Å²) >= 11 is 0. The zero-order valence-electron chi connectivity index (χ0n) is 11.2. The third-order valence-corrected chi connectivity index (χ3v) is 3.26. The third kappa shape index (κ3) is 3.64. The Morgan fingerprint density at radius 1 is 1.00 bits per heavy atom. The second-order valence-electron chi connectivity index (χ2n) is 4.99. The number of rotatable bonds is 5. The average molecular weight is 219 g/mol. The van der Waals surface area contributed by atoms with Gasteiger partial charge in [-0.15, -0.1) is 0 Å². The maximum atomic E-state index is 3.57. The molecule has 1 N–H and O–H groups in total. The molecule has 0 radical (unpaired) electrons. The minimum absolute atomic E-state index is 0.521. The molecule has 2 unspecified atom stereocenters. The summed E-state index contributed by atoms with van der Waals surface area (Å²) in [6.07, 6.45) is 1.12. The molecule has 0 aliphatic rings. The third-order valence-electron chi connectivity index (χ3n) is 3.26. The summed E-state index contributed by atoms with van der Waals surface area (Å²) in [6, 6.07) is 10.1. The molecule has 0 saturated heterocycles. The van der Waals surface area contributed by atoms with E-state index in [9.17, 15) is 0 Å². The lowest BCUT2D eigenvalue weighted by Gasteiger charge is -2.24. The molecule has 1 aromatic rings. The fourth-order valence-electron chi connectivity index (χ4n) is 2.02. The van der Waals surface area contributed by atoms with Gasteiger partial charge in [-0.05, 0) is 30.4 Å². The van der Waals surface area contributed by atoms with Crippen LogP contribution in [0.4, 0.5) is 0 Å². The Kier molecular flexibility index (Phi) is 5.01.